The molecule has 3 atom stereocenters. The molecule has 0 radical (unpaired) electrons. The monoisotopic (exact) mass is 1720 g/mol. The van der Waals surface area contributed by atoms with E-state index in [0.717, 1.165) is 80.2 Å². The molecule has 0 spiro atoms. The molecule has 0 nitrogen and oxygen atoms in total. The summed E-state index contributed by atoms with van der Waals surface area (Å²) >= 11 is 29.2. The van der Waals surface area contributed by atoms with Crippen LogP contribution in [0.15, 0.2) is 146 Å². The highest BCUT2D eigenvalue weighted by atomic mass is 35.5. The molecule has 7 rings (SSSR count). The predicted octanol–water partition coefficient (Wildman–Crippen LogP) is 35.5. The van der Waals surface area contributed by atoms with E-state index in [1.807, 2.05) is 88.4 Å². The summed E-state index contributed by atoms with van der Waals surface area (Å²) in [4.78, 5) is 0. The molecule has 6 aromatic carbocycles. The van der Waals surface area contributed by atoms with E-state index in [0.29, 0.717) is 36.5 Å². The molecule has 0 bridgehead atoms. The predicted molar refractivity (Wildman–Crippen MR) is 448 cm³/mol. The number of hydrogen-bond donors (Lipinski definition) is 0. The van der Waals surface area contributed by atoms with Gasteiger partial charge in [0.1, 0.15) is 0 Å². The molecule has 3 unspecified atom stereocenters. The van der Waals surface area contributed by atoms with Crippen molar-refractivity contribution in [2.45, 2.75) is 274 Å². The zero-order valence-corrected chi connectivity index (χ0v) is 74.8. The highest BCUT2D eigenvalue weighted by Crippen LogP contribution is 2.53. The lowest BCUT2D eigenvalue weighted by atomic mass is 9.95. The molecule has 650 valence electrons. The third-order valence-corrected chi connectivity index (χ3v) is 16.8. The van der Waals surface area contributed by atoms with Crippen molar-refractivity contribution in [3.05, 3.63) is 210 Å². The molecule has 0 N–H and O–H groups in total. The third kappa shape index (κ3) is 69.3. The minimum Gasteiger partial charge on any atom is -0.196 e. The fourth-order valence-electron chi connectivity index (χ4n) is 9.97. The van der Waals surface area contributed by atoms with E-state index < -0.39 is 73.5 Å². The van der Waals surface area contributed by atoms with E-state index in [1.165, 1.54) is 60.2 Å². The minimum absolute atomic E-state index is 0.0972. The number of halogens is 22. The summed E-state index contributed by atoms with van der Waals surface area (Å²) in [5, 5.41) is 3.98. The van der Waals surface area contributed by atoms with E-state index in [9.17, 15) is 74.6 Å². The molecule has 0 aromatic heterocycles. The maximum absolute atomic E-state index is 12.3. The van der Waals surface area contributed by atoms with Crippen LogP contribution in [0.5, 0.6) is 0 Å². The van der Waals surface area contributed by atoms with Crippen LogP contribution >= 0.6 is 58.0 Å². The van der Waals surface area contributed by atoms with E-state index in [4.69, 9.17) is 58.0 Å². The van der Waals surface area contributed by atoms with Gasteiger partial charge in [-0.25, -0.2) is 0 Å². The number of hydrogen-bond acceptors (Lipinski definition) is 0. The number of rotatable bonds is 19. The zero-order chi connectivity index (χ0) is 88.8. The maximum atomic E-state index is 12.3. The van der Waals surface area contributed by atoms with Crippen molar-refractivity contribution in [1.29, 1.82) is 0 Å². The van der Waals surface area contributed by atoms with E-state index in [2.05, 4.69) is 145 Å². The van der Waals surface area contributed by atoms with Crippen LogP contribution in [-0.4, -0.2) is 30.6 Å². The highest BCUT2D eigenvalue weighted by molar-refractivity contribution is 6.34. The lowest BCUT2D eigenvalue weighted by Gasteiger charge is -2.20. The van der Waals surface area contributed by atoms with E-state index in [1.54, 1.807) is 46.8 Å². The van der Waals surface area contributed by atoms with E-state index >= 15 is 0 Å². The Morgan fingerprint density at radius 3 is 1.03 bits per heavy atom. The van der Waals surface area contributed by atoms with Gasteiger partial charge in [-0.3, -0.25) is 0 Å². The summed E-state index contributed by atoms with van der Waals surface area (Å²) in [5.41, 5.74) is 6.78. The smallest absolute Gasteiger partial charge is 0.196 e. The SMILES string of the molecule is CC(C)C.CC(C)C(C)CC(F)(F)F.CC(C)C1CC1C(F)(F)F.CC(C)CC(F)(F)C(F)(F)F.CC(C)CCC(F)(F)F.CC(C)Cc1cc(Cl)cc(Cl)c1.CC(C)Cc1ccc(Cl)cc1.CC(C)Cc1cccc(C(F)(F)F)c1.CC(C)Cc1cccc(Cl)c1.CC(C)Cc1ccccc1.CC(C)Cc1ccccc1Cl. The first-order chi connectivity index (χ1) is 51.4. The largest absolute Gasteiger partial charge is 0.453 e. The van der Waals surface area contributed by atoms with Crippen LogP contribution in [0, 0.1) is 82.9 Å². The molecule has 0 saturated heterocycles. The van der Waals surface area contributed by atoms with E-state index in [-0.39, 0.29) is 36.0 Å². The molecular weight excluding hydrogens is 1590 g/mol. The molecule has 113 heavy (non-hydrogen) atoms. The normalized spacial score (nSPS) is 13.7. The average Bonchev–Trinajstić information content (AvgIpc) is 1.64. The van der Waals surface area contributed by atoms with Crippen molar-refractivity contribution in [2.24, 2.45) is 82.9 Å². The van der Waals surface area contributed by atoms with Crippen molar-refractivity contribution in [3.8, 4) is 0 Å². The number of alkyl halides is 17. The summed E-state index contributed by atoms with van der Waals surface area (Å²) in [6.45, 7) is 47.7. The molecule has 0 heterocycles. The van der Waals surface area contributed by atoms with Gasteiger partial charge < -0.3 is 0 Å². The van der Waals surface area contributed by atoms with Gasteiger partial charge in [-0.1, -0.05) is 315 Å². The minimum atomic E-state index is -5.41. The summed E-state index contributed by atoms with van der Waals surface area (Å²) in [7, 11) is 0. The molecule has 6 aromatic rings. The van der Waals surface area contributed by atoms with Gasteiger partial charge >= 0.3 is 36.8 Å². The summed E-state index contributed by atoms with van der Waals surface area (Å²) in [6.07, 6.45) is -17.2. The molecule has 1 aliphatic rings. The second-order valence-corrected chi connectivity index (χ2v) is 35.5. The molecule has 0 aliphatic heterocycles. The van der Waals surface area contributed by atoms with Crippen LogP contribution in [0.4, 0.5) is 74.6 Å². The van der Waals surface area contributed by atoms with Crippen LogP contribution in [-0.2, 0) is 44.7 Å². The second kappa shape index (κ2) is 58.5. The maximum Gasteiger partial charge on any atom is 0.453 e. The van der Waals surface area contributed by atoms with Gasteiger partial charge in [0, 0.05) is 44.4 Å². The van der Waals surface area contributed by atoms with Crippen molar-refractivity contribution in [3.63, 3.8) is 0 Å². The fraction of sp³-hybridized carbons (Fsp3) is 0.604. The van der Waals surface area contributed by atoms with Gasteiger partial charge in [-0.05, 0) is 216 Å². The third-order valence-electron chi connectivity index (χ3n) is 15.5. The first-order valence-electron chi connectivity index (χ1n) is 38.9. The fourth-order valence-corrected chi connectivity index (χ4v) is 11.1. The Morgan fingerprint density at radius 1 is 0.336 bits per heavy atom. The Hall–Kier alpha value is -4.42. The molecule has 1 aliphatic carbocycles. The molecule has 1 saturated carbocycles. The van der Waals surface area contributed by atoms with Crippen molar-refractivity contribution < 1.29 is 74.6 Å². The van der Waals surface area contributed by atoms with Gasteiger partial charge in [0.05, 0.1) is 11.5 Å². The average molecular weight is 1730 g/mol. The lowest BCUT2D eigenvalue weighted by molar-refractivity contribution is -0.287. The van der Waals surface area contributed by atoms with Gasteiger partial charge in [0.15, 0.2) is 0 Å². The molecule has 0 amide bonds. The van der Waals surface area contributed by atoms with Gasteiger partial charge in [0.25, 0.3) is 0 Å². The quantitative estimate of drug-likeness (QED) is 0.0709. The van der Waals surface area contributed by atoms with Crippen LogP contribution in [0.2, 0.25) is 25.1 Å². The summed E-state index contributed by atoms with van der Waals surface area (Å²) < 4.78 is 200. The van der Waals surface area contributed by atoms with Crippen LogP contribution in [0.3, 0.4) is 0 Å². The highest BCUT2D eigenvalue weighted by Gasteiger charge is 2.57. The zero-order valence-electron chi connectivity index (χ0n) is 71.0. The van der Waals surface area contributed by atoms with Crippen molar-refractivity contribution in [1.82, 2.24) is 0 Å². The Morgan fingerprint density at radius 2 is 0.717 bits per heavy atom. The van der Waals surface area contributed by atoms with Crippen molar-refractivity contribution >= 4 is 58.0 Å². The van der Waals surface area contributed by atoms with Crippen LogP contribution in [0.25, 0.3) is 0 Å². The Balaban J connectivity index is -0.000000582. The molecule has 22 heteroatoms. The molecular formula is C91H132Cl5F17. The Labute approximate surface area is 694 Å². The van der Waals surface area contributed by atoms with Crippen LogP contribution < -0.4 is 0 Å². The lowest BCUT2D eigenvalue weighted by Crippen LogP contribution is -2.37. The van der Waals surface area contributed by atoms with Gasteiger partial charge in [-0.15, -0.1) is 0 Å². The van der Waals surface area contributed by atoms with Crippen molar-refractivity contribution in [2.75, 3.05) is 0 Å². The second-order valence-electron chi connectivity index (χ2n) is 33.3. The number of benzene rings is 6. The molecule has 1 fully saturated rings. The first kappa shape index (κ1) is 115. The van der Waals surface area contributed by atoms with Crippen LogP contribution in [0.1, 0.15) is 237 Å². The summed E-state index contributed by atoms with van der Waals surface area (Å²) in [5.74, 6) is -1.40. The van der Waals surface area contributed by atoms with Gasteiger partial charge in [-0.2, -0.15) is 74.6 Å². The first-order valence-corrected chi connectivity index (χ1v) is 40.8. The Bertz CT molecular complexity index is 3280. The standard InChI is InChI=1S/C11H13F3.C10H12Cl2.3C10H13Cl.C10H14.C7H11F3.C7H13F3.C6H9F5.C6H11F3.C4H10/c1-8(2)6-9-4-3-5-10(7-9)11(12,13)14;1-7(2)3-8-4-9(11)6-10(12)5-8;1-8(2)7-9-3-5-10(11)6-4-9;1-8(2)6-9-4-3-5-10(11)7-9;1-8(2)7-9-5-3-4-6-10(9)11;1-9(2)8-10-6-4-3-5-7-10;1-4(2)5-3-6(5)7(8,9)10;1-5(2)6(3)4-7(8,9)10;1-4(2)3-5(7,8)6(9,10)11;1-5(2)3-4-6(7,8)9;1-4(2)3/h3-5,7-8H,6H2,1-2H3;4-7H,3H2,1-2H3;3-6,8H,7H2,1-2H3;3-5,7-8H,6H2,1-2H3;3-6,8H,7H2,1-2H3;3-7,9H,8H2,1-2H3;4-6H,3H2,1-2H3;5-6H,4H2,1-3H3;4H,3H2,1-2H3;5H,3-4H2,1-2H3;4H,1-3H3. The summed E-state index contributed by atoms with van der Waals surface area (Å²) in [6, 6.07) is 46.0. The van der Waals surface area contributed by atoms with Gasteiger partial charge in [0.2, 0.25) is 0 Å². The topological polar surface area (TPSA) is 0 Å². The Kier molecular flexibility index (Phi) is 59.4.